The van der Waals surface area contributed by atoms with E-state index in [1.165, 1.54) is 6.42 Å². The quantitative estimate of drug-likeness (QED) is 0.621. The second-order valence-electron chi connectivity index (χ2n) is 3.36. The Morgan fingerprint density at radius 3 is 2.92 bits per heavy atom. The molecule has 0 spiro atoms. The monoisotopic (exact) mass is 166 g/mol. The van der Waals surface area contributed by atoms with Crippen LogP contribution in [0.15, 0.2) is 0 Å². The molecule has 0 amide bonds. The van der Waals surface area contributed by atoms with E-state index in [1.807, 2.05) is 7.05 Å². The van der Waals surface area contributed by atoms with Crippen LogP contribution in [0.3, 0.4) is 0 Å². The third kappa shape index (κ3) is 2.00. The number of likely N-dealkylation sites (N-methyl/N-ethyl adjacent to an activating group) is 1. The number of hydrogen-bond donors (Lipinski definition) is 1. The zero-order chi connectivity index (χ0) is 8.97. The van der Waals surface area contributed by atoms with Gasteiger partial charge in [-0.05, 0) is 19.9 Å². The van der Waals surface area contributed by atoms with Crippen LogP contribution < -0.4 is 5.32 Å². The highest BCUT2D eigenvalue weighted by Crippen LogP contribution is 2.13. The molecule has 2 unspecified atom stereocenters. The Hall–Kier alpha value is -0.520. The molecule has 0 aromatic heterocycles. The zero-order valence-corrected chi connectivity index (χ0v) is 8.01. The van der Waals surface area contributed by atoms with Crippen LogP contribution in [0, 0.1) is 12.3 Å². The molecular weight excluding hydrogens is 148 g/mol. The van der Waals surface area contributed by atoms with Crippen molar-refractivity contribution in [2.24, 2.45) is 0 Å². The predicted octanol–water partition coefficient (Wildman–Crippen LogP) is 0.692. The van der Waals surface area contributed by atoms with Gasteiger partial charge in [-0.3, -0.25) is 4.90 Å². The second-order valence-corrected chi connectivity index (χ2v) is 3.36. The van der Waals surface area contributed by atoms with Crippen LogP contribution in [0.2, 0.25) is 0 Å². The molecule has 12 heavy (non-hydrogen) atoms. The number of terminal acetylenes is 1. The number of likely N-dealkylation sites (tertiary alicyclic amines) is 1. The lowest BCUT2D eigenvalue weighted by Crippen LogP contribution is -2.35. The van der Waals surface area contributed by atoms with Crippen LogP contribution in [-0.2, 0) is 0 Å². The van der Waals surface area contributed by atoms with Gasteiger partial charge < -0.3 is 5.32 Å². The van der Waals surface area contributed by atoms with Crippen molar-refractivity contribution in [2.45, 2.75) is 31.8 Å². The molecule has 0 aromatic rings. The highest BCUT2D eigenvalue weighted by Gasteiger charge is 2.24. The van der Waals surface area contributed by atoms with E-state index < -0.39 is 0 Å². The summed E-state index contributed by atoms with van der Waals surface area (Å²) < 4.78 is 0. The van der Waals surface area contributed by atoms with E-state index >= 15 is 0 Å². The molecule has 1 N–H and O–H groups in total. The Balaban J connectivity index is 2.40. The van der Waals surface area contributed by atoms with Crippen molar-refractivity contribution >= 4 is 0 Å². The molecule has 1 fully saturated rings. The summed E-state index contributed by atoms with van der Waals surface area (Å²) in [6.07, 6.45) is 7.73. The molecule has 1 saturated heterocycles. The normalized spacial score (nSPS) is 26.9. The molecule has 2 nitrogen and oxygen atoms in total. The smallest absolute Gasteiger partial charge is 0.0709 e. The van der Waals surface area contributed by atoms with Crippen LogP contribution >= 0.6 is 0 Å². The molecule has 2 atom stereocenters. The van der Waals surface area contributed by atoms with E-state index in [9.17, 15) is 0 Å². The van der Waals surface area contributed by atoms with Gasteiger partial charge in [-0.1, -0.05) is 12.8 Å². The van der Waals surface area contributed by atoms with Crippen molar-refractivity contribution in [1.82, 2.24) is 10.2 Å². The highest BCUT2D eigenvalue weighted by atomic mass is 15.2. The largest absolute Gasteiger partial charge is 0.316 e. The lowest BCUT2D eigenvalue weighted by molar-refractivity contribution is 0.279. The van der Waals surface area contributed by atoms with Gasteiger partial charge in [0.25, 0.3) is 0 Å². The van der Waals surface area contributed by atoms with Gasteiger partial charge in [0.2, 0.25) is 0 Å². The SMILES string of the molecule is C#CC(CC)N1CCC(NC)C1. The van der Waals surface area contributed by atoms with E-state index in [4.69, 9.17) is 6.42 Å². The average molecular weight is 166 g/mol. The summed E-state index contributed by atoms with van der Waals surface area (Å²) in [5.41, 5.74) is 0. The minimum Gasteiger partial charge on any atom is -0.316 e. The Labute approximate surface area is 75.3 Å². The fraction of sp³-hybridized carbons (Fsp3) is 0.800. The first-order chi connectivity index (χ1) is 5.81. The Kier molecular flexibility index (Phi) is 3.58. The zero-order valence-electron chi connectivity index (χ0n) is 8.01. The molecule has 1 aliphatic heterocycles. The van der Waals surface area contributed by atoms with Gasteiger partial charge in [0.05, 0.1) is 6.04 Å². The Bertz CT molecular complexity index is 171. The molecule has 2 heteroatoms. The summed E-state index contributed by atoms with van der Waals surface area (Å²) in [6, 6.07) is 0.996. The molecule has 0 saturated carbocycles. The van der Waals surface area contributed by atoms with Crippen LogP contribution in [-0.4, -0.2) is 37.1 Å². The molecule has 0 aromatic carbocycles. The van der Waals surface area contributed by atoms with E-state index in [-0.39, 0.29) is 0 Å². The van der Waals surface area contributed by atoms with Crippen molar-refractivity contribution in [3.63, 3.8) is 0 Å². The Morgan fingerprint density at radius 2 is 2.50 bits per heavy atom. The maximum Gasteiger partial charge on any atom is 0.0709 e. The third-order valence-corrected chi connectivity index (χ3v) is 2.65. The van der Waals surface area contributed by atoms with E-state index in [2.05, 4.69) is 23.1 Å². The molecule has 1 rings (SSSR count). The minimum atomic E-state index is 0.350. The van der Waals surface area contributed by atoms with Crippen molar-refractivity contribution in [3.05, 3.63) is 0 Å². The van der Waals surface area contributed by atoms with Gasteiger partial charge in [-0.2, -0.15) is 0 Å². The van der Waals surface area contributed by atoms with Crippen molar-refractivity contribution in [3.8, 4) is 12.3 Å². The van der Waals surface area contributed by atoms with Gasteiger partial charge in [0, 0.05) is 19.1 Å². The summed E-state index contributed by atoms with van der Waals surface area (Å²) in [6.45, 7) is 4.41. The maximum absolute atomic E-state index is 5.44. The summed E-state index contributed by atoms with van der Waals surface area (Å²) in [4.78, 5) is 2.39. The van der Waals surface area contributed by atoms with Gasteiger partial charge in [0.1, 0.15) is 0 Å². The van der Waals surface area contributed by atoms with E-state index in [0.717, 1.165) is 19.5 Å². The summed E-state index contributed by atoms with van der Waals surface area (Å²) in [5.74, 6) is 2.84. The van der Waals surface area contributed by atoms with Gasteiger partial charge in [0.15, 0.2) is 0 Å². The van der Waals surface area contributed by atoms with Gasteiger partial charge in [-0.25, -0.2) is 0 Å². The Morgan fingerprint density at radius 1 is 1.75 bits per heavy atom. The first kappa shape index (κ1) is 9.57. The third-order valence-electron chi connectivity index (χ3n) is 2.65. The van der Waals surface area contributed by atoms with Crippen molar-refractivity contribution < 1.29 is 0 Å². The number of rotatable bonds is 3. The molecule has 1 heterocycles. The van der Waals surface area contributed by atoms with Crippen LogP contribution in [0.25, 0.3) is 0 Å². The van der Waals surface area contributed by atoms with Crippen molar-refractivity contribution in [1.29, 1.82) is 0 Å². The van der Waals surface area contributed by atoms with Crippen molar-refractivity contribution in [2.75, 3.05) is 20.1 Å². The molecule has 1 aliphatic rings. The predicted molar refractivity (Wildman–Crippen MR) is 51.9 cm³/mol. The standard InChI is InChI=1S/C10H18N2/c1-4-10(5-2)12-7-6-9(8-12)11-3/h1,9-11H,5-8H2,2-3H3. The van der Waals surface area contributed by atoms with Crippen LogP contribution in [0.5, 0.6) is 0 Å². The van der Waals surface area contributed by atoms with Crippen LogP contribution in [0.1, 0.15) is 19.8 Å². The molecular formula is C10H18N2. The highest BCUT2D eigenvalue weighted by molar-refractivity contribution is 5.01. The van der Waals surface area contributed by atoms with E-state index in [1.54, 1.807) is 0 Å². The fourth-order valence-corrected chi connectivity index (χ4v) is 1.79. The van der Waals surface area contributed by atoms with Gasteiger partial charge in [-0.15, -0.1) is 6.42 Å². The summed E-state index contributed by atoms with van der Waals surface area (Å²) in [5, 5.41) is 3.29. The summed E-state index contributed by atoms with van der Waals surface area (Å²) in [7, 11) is 2.02. The number of nitrogens with zero attached hydrogens (tertiary/aromatic N) is 1. The lowest BCUT2D eigenvalue weighted by Gasteiger charge is -2.21. The number of hydrogen-bond acceptors (Lipinski definition) is 2. The second kappa shape index (κ2) is 4.49. The fourth-order valence-electron chi connectivity index (χ4n) is 1.79. The molecule has 0 aliphatic carbocycles. The average Bonchev–Trinajstić information content (AvgIpc) is 2.55. The molecule has 0 bridgehead atoms. The first-order valence-corrected chi connectivity index (χ1v) is 4.69. The summed E-state index contributed by atoms with van der Waals surface area (Å²) >= 11 is 0. The van der Waals surface area contributed by atoms with Crippen LogP contribution in [0.4, 0.5) is 0 Å². The lowest BCUT2D eigenvalue weighted by atomic mass is 10.2. The van der Waals surface area contributed by atoms with Gasteiger partial charge >= 0.3 is 0 Å². The minimum absolute atomic E-state index is 0.350. The molecule has 0 radical (unpaired) electrons. The van der Waals surface area contributed by atoms with E-state index in [0.29, 0.717) is 12.1 Å². The molecule has 68 valence electrons. The number of nitrogens with one attached hydrogen (secondary N) is 1. The maximum atomic E-state index is 5.44. The first-order valence-electron chi connectivity index (χ1n) is 4.69. The topological polar surface area (TPSA) is 15.3 Å².